The summed E-state index contributed by atoms with van der Waals surface area (Å²) in [5.41, 5.74) is 18.2. The van der Waals surface area contributed by atoms with E-state index in [1.807, 2.05) is 0 Å². The topological polar surface area (TPSA) is 6.48 Å². The van der Waals surface area contributed by atoms with Gasteiger partial charge in [-0.3, -0.25) is 0 Å². The second-order valence-corrected chi connectivity index (χ2v) is 22.1. The molecule has 4 aromatic carbocycles. The number of anilines is 4. The van der Waals surface area contributed by atoms with Gasteiger partial charge in [-0.05, 0) is 98.6 Å². The Labute approximate surface area is 295 Å². The lowest BCUT2D eigenvalue weighted by Gasteiger charge is -2.40. The first kappa shape index (κ1) is 31.3. The summed E-state index contributed by atoms with van der Waals surface area (Å²) in [4.78, 5) is 5.35. The van der Waals surface area contributed by atoms with Crippen LogP contribution in [0, 0.1) is 0 Å². The molecule has 0 amide bonds. The minimum absolute atomic E-state index is 0.460. The highest BCUT2D eigenvalue weighted by molar-refractivity contribution is 7.90. The predicted octanol–water partition coefficient (Wildman–Crippen LogP) is 9.66. The number of fused-ring (bicyclic) bond motifs is 12. The van der Waals surface area contributed by atoms with E-state index in [2.05, 4.69) is 155 Å². The number of rotatable bonds is 2. The molecule has 0 aromatic heterocycles. The largest absolute Gasteiger partial charge is 0.340 e. The second-order valence-electron chi connectivity index (χ2n) is 15.2. The van der Waals surface area contributed by atoms with Crippen LogP contribution in [-0.4, -0.2) is 32.1 Å². The molecule has 2 unspecified atom stereocenters. The average molecular weight is 678 g/mol. The van der Waals surface area contributed by atoms with Crippen molar-refractivity contribution in [2.24, 2.45) is 0 Å². The molecule has 2 nitrogen and oxygen atoms in total. The van der Waals surface area contributed by atoms with Crippen molar-refractivity contribution in [2.45, 2.75) is 64.7 Å². The van der Waals surface area contributed by atoms with Crippen LogP contribution in [-0.2, 0) is 25.7 Å². The average Bonchev–Trinajstić information content (AvgIpc) is 3.92. The highest BCUT2D eigenvalue weighted by Crippen LogP contribution is 2.63. The van der Waals surface area contributed by atoms with Crippen LogP contribution in [0.25, 0.3) is 24.3 Å². The van der Waals surface area contributed by atoms with Gasteiger partial charge in [-0.1, -0.05) is 98.9 Å². The fraction of sp³-hybridized carbons (Fsp3) is 0.289. The number of allylic oxidation sites excluding steroid dienone is 4. The Balaban J connectivity index is 1.48. The summed E-state index contributed by atoms with van der Waals surface area (Å²) >= 11 is 0. The Morgan fingerprint density at radius 1 is 0.551 bits per heavy atom. The maximum atomic E-state index is 2.68. The molecule has 246 valence electrons. The normalized spacial score (nSPS) is 20.9. The number of hydrogen-bond acceptors (Lipinski definition) is 2. The lowest BCUT2D eigenvalue weighted by atomic mass is 10.0. The summed E-state index contributed by atoms with van der Waals surface area (Å²) < 4.78 is 0. The molecule has 0 saturated heterocycles. The maximum absolute atomic E-state index is 2.68. The third-order valence-electron chi connectivity index (χ3n) is 12.1. The van der Waals surface area contributed by atoms with E-state index in [1.54, 1.807) is 10.6 Å². The summed E-state index contributed by atoms with van der Waals surface area (Å²) in [5, 5.41) is 6.11. The van der Waals surface area contributed by atoms with Crippen LogP contribution in [0.1, 0.15) is 72.2 Å². The van der Waals surface area contributed by atoms with Crippen LogP contribution in [0.4, 0.5) is 22.7 Å². The fourth-order valence-electron chi connectivity index (χ4n) is 9.43. The SMILES string of the molecule is CC(C)P1c2ccc3c(c2N(C)c2c(ccc4c2CC=C4)[P+](C)(C(C)C)c2ccc4c(c2N(C)c2c1ccc1c2CC=C1)C=CC4)C=CC3. The zero-order valence-corrected chi connectivity index (χ0v) is 31.8. The van der Waals surface area contributed by atoms with Gasteiger partial charge in [0.2, 0.25) is 0 Å². The molecule has 5 aliphatic rings. The first-order valence-electron chi connectivity index (χ1n) is 18.1. The Morgan fingerprint density at radius 2 is 1.04 bits per heavy atom. The van der Waals surface area contributed by atoms with Gasteiger partial charge in [-0.15, -0.1) is 0 Å². The molecule has 9 rings (SSSR count). The molecule has 4 heteroatoms. The van der Waals surface area contributed by atoms with Crippen LogP contribution < -0.4 is 31.0 Å². The van der Waals surface area contributed by atoms with Crippen LogP contribution in [0.5, 0.6) is 0 Å². The first-order chi connectivity index (χ1) is 23.7. The minimum Gasteiger partial charge on any atom is -0.340 e. The van der Waals surface area contributed by atoms with Gasteiger partial charge in [0.1, 0.15) is 10.6 Å². The van der Waals surface area contributed by atoms with Gasteiger partial charge in [-0.2, -0.15) is 0 Å². The molecule has 1 heterocycles. The second kappa shape index (κ2) is 11.4. The van der Waals surface area contributed by atoms with Gasteiger partial charge in [0, 0.05) is 35.8 Å². The smallest absolute Gasteiger partial charge is 0.123 e. The molecule has 49 heavy (non-hydrogen) atoms. The predicted molar refractivity (Wildman–Crippen MR) is 221 cm³/mol. The first-order valence-corrected chi connectivity index (χ1v) is 21.9. The van der Waals surface area contributed by atoms with Crippen molar-refractivity contribution < 1.29 is 0 Å². The summed E-state index contributed by atoms with van der Waals surface area (Å²) in [5.74, 6) is 0. The van der Waals surface area contributed by atoms with Crippen molar-refractivity contribution in [1.29, 1.82) is 0 Å². The van der Waals surface area contributed by atoms with Crippen molar-refractivity contribution in [3.05, 3.63) is 117 Å². The molecule has 0 spiro atoms. The van der Waals surface area contributed by atoms with E-state index in [-0.39, 0.29) is 0 Å². The summed E-state index contributed by atoms with van der Waals surface area (Å²) in [6, 6.07) is 19.9. The lowest BCUT2D eigenvalue weighted by Crippen LogP contribution is -2.38. The van der Waals surface area contributed by atoms with E-state index < -0.39 is 15.2 Å². The number of benzene rings is 4. The zero-order valence-electron chi connectivity index (χ0n) is 30.0. The third kappa shape index (κ3) is 4.39. The fourth-order valence-corrected chi connectivity index (χ4v) is 15.9. The molecule has 0 radical (unpaired) electrons. The Bertz CT molecular complexity index is 2200. The van der Waals surface area contributed by atoms with Crippen LogP contribution in [0.2, 0.25) is 0 Å². The van der Waals surface area contributed by atoms with Gasteiger partial charge in [0.25, 0.3) is 0 Å². The van der Waals surface area contributed by atoms with Crippen LogP contribution in [0.3, 0.4) is 0 Å². The molecule has 2 atom stereocenters. The lowest BCUT2D eigenvalue weighted by molar-refractivity contribution is 1.08. The van der Waals surface area contributed by atoms with Crippen molar-refractivity contribution in [1.82, 2.24) is 0 Å². The van der Waals surface area contributed by atoms with E-state index in [0.29, 0.717) is 11.3 Å². The van der Waals surface area contributed by atoms with E-state index in [0.717, 1.165) is 25.7 Å². The molecular formula is C45H47N2P2+. The van der Waals surface area contributed by atoms with E-state index in [1.165, 1.54) is 77.9 Å². The van der Waals surface area contributed by atoms with E-state index in [9.17, 15) is 0 Å². The molecule has 1 aliphatic heterocycles. The molecule has 4 aliphatic carbocycles. The molecule has 0 saturated carbocycles. The minimum atomic E-state index is -1.98. The van der Waals surface area contributed by atoms with Crippen LogP contribution in [0.15, 0.2) is 72.8 Å². The van der Waals surface area contributed by atoms with Gasteiger partial charge in [0.05, 0.1) is 42.3 Å². The number of hydrogen-bond donors (Lipinski definition) is 0. The van der Waals surface area contributed by atoms with Crippen molar-refractivity contribution >= 4 is 83.5 Å². The van der Waals surface area contributed by atoms with Gasteiger partial charge < -0.3 is 9.80 Å². The Kier molecular flexibility index (Phi) is 7.29. The highest BCUT2D eigenvalue weighted by Gasteiger charge is 2.48. The molecule has 4 aromatic rings. The summed E-state index contributed by atoms with van der Waals surface area (Å²) in [6.07, 6.45) is 23.1. The van der Waals surface area contributed by atoms with Crippen molar-refractivity contribution in [3.8, 4) is 0 Å². The quantitative estimate of drug-likeness (QED) is 0.195. The monoisotopic (exact) mass is 677 g/mol. The van der Waals surface area contributed by atoms with Gasteiger partial charge >= 0.3 is 0 Å². The highest BCUT2D eigenvalue weighted by atomic mass is 31.2. The van der Waals surface area contributed by atoms with Crippen LogP contribution >= 0.6 is 15.2 Å². The third-order valence-corrected chi connectivity index (χ3v) is 19.6. The standard InChI is InChI=1S/C45H47N2P2/c1-28(2)48-38-24-20-30-12-8-16-34(30)42(38)46(5)44-36-18-10-14-32(36)22-26-40(44)49(7,29(3)4)41-27-23-33-15-11-19-37(33)45(41)47(6)43-35-17-9-13-31(35)21-25-39(43)48/h8-12,15,17-18,20-29H,13-14,16,19H2,1-7H3/q+1. The Hall–Kier alpha value is -3.70. The maximum Gasteiger partial charge on any atom is 0.123 e. The number of nitrogens with zero attached hydrogens (tertiary/aromatic N) is 2. The molecule has 0 N–H and O–H groups in total. The Morgan fingerprint density at radius 3 is 1.69 bits per heavy atom. The summed E-state index contributed by atoms with van der Waals surface area (Å²) in [7, 11) is 2.11. The van der Waals surface area contributed by atoms with Gasteiger partial charge in [0.15, 0.2) is 0 Å². The molecule has 0 bridgehead atoms. The van der Waals surface area contributed by atoms with Crippen molar-refractivity contribution in [3.63, 3.8) is 0 Å². The van der Waals surface area contributed by atoms with Crippen molar-refractivity contribution in [2.75, 3.05) is 30.6 Å². The molecule has 0 fully saturated rings. The van der Waals surface area contributed by atoms with E-state index >= 15 is 0 Å². The van der Waals surface area contributed by atoms with Gasteiger partial charge in [-0.25, -0.2) is 0 Å². The summed E-state index contributed by atoms with van der Waals surface area (Å²) in [6.45, 7) is 12.6. The van der Waals surface area contributed by atoms with E-state index in [4.69, 9.17) is 0 Å². The zero-order chi connectivity index (χ0) is 33.8. The molecular weight excluding hydrogens is 630 g/mol.